The first-order valence-corrected chi connectivity index (χ1v) is 14.1. The largest absolute Gasteiger partial charge is 0.375 e. The molecule has 1 aliphatic heterocycles. The first-order valence-electron chi connectivity index (χ1n) is 14.1. The second kappa shape index (κ2) is 13.2. The van der Waals surface area contributed by atoms with Crippen LogP contribution in [0.25, 0.3) is 5.69 Å². The van der Waals surface area contributed by atoms with Crippen molar-refractivity contribution in [3.05, 3.63) is 71.3 Å². The van der Waals surface area contributed by atoms with Crippen molar-refractivity contribution in [2.75, 3.05) is 25.1 Å². The van der Waals surface area contributed by atoms with Gasteiger partial charge in [-0.3, -0.25) is 9.78 Å². The lowest BCUT2D eigenvalue weighted by atomic mass is 9.78. The van der Waals surface area contributed by atoms with Crippen LogP contribution >= 0.6 is 0 Å². The fourth-order valence-corrected chi connectivity index (χ4v) is 5.47. The molecule has 4 unspecified atom stereocenters. The Kier molecular flexibility index (Phi) is 9.22. The zero-order valence-electron chi connectivity index (χ0n) is 23.2. The number of benzene rings is 1. The average molecular weight is 544 g/mol. The van der Waals surface area contributed by atoms with Crippen LogP contribution in [0, 0.1) is 31.1 Å². The molecule has 1 aromatic carbocycles. The lowest BCUT2D eigenvalue weighted by molar-refractivity contribution is -0.172. The summed E-state index contributed by atoms with van der Waals surface area (Å²) in [5.41, 5.74) is 4.79. The van der Waals surface area contributed by atoms with Crippen LogP contribution in [0.1, 0.15) is 71.8 Å². The molecule has 2 aliphatic rings. The van der Waals surface area contributed by atoms with E-state index in [0.717, 1.165) is 61.3 Å². The number of aryl methyl sites for hydroxylation is 1. The van der Waals surface area contributed by atoms with Gasteiger partial charge in [0.1, 0.15) is 0 Å². The Morgan fingerprint density at radius 1 is 1.07 bits per heavy atom. The number of amides is 1. The minimum Gasteiger partial charge on any atom is -0.375 e. The smallest absolute Gasteiger partial charge is 0.259 e. The molecule has 9 nitrogen and oxygen atoms in total. The van der Waals surface area contributed by atoms with E-state index in [4.69, 9.17) is 14.2 Å². The first-order chi connectivity index (χ1) is 19.5. The summed E-state index contributed by atoms with van der Waals surface area (Å²) in [6.07, 6.45) is 8.55. The number of hydrogen-bond acceptors (Lipinski definition) is 7. The number of hydrogen-bond donors (Lipinski definition) is 1. The standard InChI is InChI=1S/C31H37N5O4/c1-21-6-10-25(11-7-21)36-22(2)27(20-34-36)31(37)35-24-9-12-28(33-19-24)26-17-23(18-32)8-13-29(26)38-15-16-40-30-5-3-4-14-39-30/h6-7,9-12,19-20,23,26,29-30H,3-5,8,13-17H2,1-2H3,(H,35,37). The molecule has 3 heterocycles. The third-order valence-electron chi connectivity index (χ3n) is 7.78. The van der Waals surface area contributed by atoms with Gasteiger partial charge in [0.05, 0.1) is 60.4 Å². The molecule has 1 amide bonds. The van der Waals surface area contributed by atoms with Gasteiger partial charge < -0.3 is 19.5 Å². The van der Waals surface area contributed by atoms with E-state index < -0.39 is 0 Å². The maximum Gasteiger partial charge on any atom is 0.259 e. The van der Waals surface area contributed by atoms with Gasteiger partial charge in [0.25, 0.3) is 5.91 Å². The van der Waals surface area contributed by atoms with E-state index in [1.54, 1.807) is 17.1 Å². The molecule has 2 fully saturated rings. The Morgan fingerprint density at radius 2 is 1.90 bits per heavy atom. The number of anilines is 1. The maximum absolute atomic E-state index is 13.0. The molecular weight excluding hydrogens is 506 g/mol. The quantitative estimate of drug-likeness (QED) is 0.356. The van der Waals surface area contributed by atoms with E-state index in [-0.39, 0.29) is 30.1 Å². The van der Waals surface area contributed by atoms with Crippen LogP contribution in [0.4, 0.5) is 5.69 Å². The zero-order chi connectivity index (χ0) is 27.9. The Bertz CT molecular complexity index is 1310. The van der Waals surface area contributed by atoms with Gasteiger partial charge in [-0.25, -0.2) is 4.68 Å². The summed E-state index contributed by atoms with van der Waals surface area (Å²) in [4.78, 5) is 17.7. The minimum absolute atomic E-state index is 0.00377. The van der Waals surface area contributed by atoms with E-state index >= 15 is 0 Å². The van der Waals surface area contributed by atoms with Gasteiger partial charge >= 0.3 is 0 Å². The van der Waals surface area contributed by atoms with Gasteiger partial charge in [0.15, 0.2) is 6.29 Å². The fourth-order valence-electron chi connectivity index (χ4n) is 5.47. The summed E-state index contributed by atoms with van der Waals surface area (Å²) in [5, 5.41) is 16.9. The van der Waals surface area contributed by atoms with Crippen LogP contribution in [-0.2, 0) is 14.2 Å². The van der Waals surface area contributed by atoms with Crippen LogP contribution in [-0.4, -0.2) is 52.9 Å². The number of pyridine rings is 1. The molecule has 1 aliphatic carbocycles. The van der Waals surface area contributed by atoms with Crippen LogP contribution < -0.4 is 5.32 Å². The number of carbonyl (C=O) groups is 1. The lowest BCUT2D eigenvalue weighted by Crippen LogP contribution is -2.32. The molecule has 0 spiro atoms. The van der Waals surface area contributed by atoms with Gasteiger partial charge in [-0.2, -0.15) is 10.4 Å². The van der Waals surface area contributed by atoms with Crippen molar-refractivity contribution in [3.63, 3.8) is 0 Å². The first kappa shape index (κ1) is 28.0. The normalized spacial score (nSPS) is 22.9. The zero-order valence-corrected chi connectivity index (χ0v) is 23.2. The third kappa shape index (κ3) is 6.76. The van der Waals surface area contributed by atoms with E-state index in [9.17, 15) is 10.1 Å². The number of nitriles is 1. The molecule has 5 rings (SSSR count). The van der Waals surface area contributed by atoms with E-state index in [2.05, 4.69) is 21.5 Å². The molecule has 3 aromatic rings. The summed E-state index contributed by atoms with van der Waals surface area (Å²) in [5.74, 6) is -0.259. The summed E-state index contributed by atoms with van der Waals surface area (Å²) < 4.78 is 19.5. The van der Waals surface area contributed by atoms with Crippen molar-refractivity contribution in [2.24, 2.45) is 5.92 Å². The highest BCUT2D eigenvalue weighted by atomic mass is 16.7. The highest BCUT2D eigenvalue weighted by Gasteiger charge is 2.33. The van der Waals surface area contributed by atoms with Gasteiger partial charge in [-0.1, -0.05) is 17.7 Å². The van der Waals surface area contributed by atoms with Gasteiger partial charge in [0.2, 0.25) is 0 Å². The second-order valence-corrected chi connectivity index (χ2v) is 10.6. The van der Waals surface area contributed by atoms with Crippen molar-refractivity contribution < 1.29 is 19.0 Å². The molecule has 1 N–H and O–H groups in total. The van der Waals surface area contributed by atoms with Crippen LogP contribution in [0.5, 0.6) is 0 Å². The predicted molar refractivity (Wildman–Crippen MR) is 150 cm³/mol. The van der Waals surface area contributed by atoms with Crippen LogP contribution in [0.3, 0.4) is 0 Å². The molecule has 2 aromatic heterocycles. The highest BCUT2D eigenvalue weighted by Crippen LogP contribution is 2.37. The second-order valence-electron chi connectivity index (χ2n) is 10.6. The Labute approximate surface area is 235 Å². The van der Waals surface area contributed by atoms with Crippen molar-refractivity contribution in [1.82, 2.24) is 14.8 Å². The molecule has 0 radical (unpaired) electrons. The third-order valence-corrected chi connectivity index (χ3v) is 7.78. The number of carbonyl (C=O) groups excluding carboxylic acids is 1. The monoisotopic (exact) mass is 543 g/mol. The average Bonchev–Trinajstić information content (AvgIpc) is 3.38. The SMILES string of the molecule is Cc1ccc(-n2ncc(C(=O)Nc3ccc(C4CC(C#N)CCC4OCCOC4CCCCO4)nc3)c2C)cc1. The Balaban J connectivity index is 1.20. The number of nitrogens with one attached hydrogen (secondary N) is 1. The summed E-state index contributed by atoms with van der Waals surface area (Å²) in [6.45, 7) is 5.62. The van der Waals surface area contributed by atoms with Crippen molar-refractivity contribution in [3.8, 4) is 11.8 Å². The molecular formula is C31H37N5O4. The summed E-state index contributed by atoms with van der Waals surface area (Å²) >= 11 is 0. The topological polar surface area (TPSA) is 111 Å². The molecule has 9 heteroatoms. The van der Waals surface area contributed by atoms with Crippen LogP contribution in [0.2, 0.25) is 0 Å². The summed E-state index contributed by atoms with van der Waals surface area (Å²) in [6, 6.07) is 14.2. The number of aromatic nitrogens is 3. The highest BCUT2D eigenvalue weighted by molar-refractivity contribution is 6.04. The van der Waals surface area contributed by atoms with Crippen LogP contribution in [0.15, 0.2) is 48.8 Å². The van der Waals surface area contributed by atoms with Crippen molar-refractivity contribution in [2.45, 2.75) is 70.7 Å². The predicted octanol–water partition coefficient (Wildman–Crippen LogP) is 5.47. The van der Waals surface area contributed by atoms with E-state index in [1.165, 1.54) is 0 Å². The minimum atomic E-state index is -0.240. The summed E-state index contributed by atoms with van der Waals surface area (Å²) in [7, 11) is 0. The number of ether oxygens (including phenoxy) is 3. The van der Waals surface area contributed by atoms with E-state index in [0.29, 0.717) is 30.9 Å². The Hall–Kier alpha value is -3.58. The lowest BCUT2D eigenvalue weighted by Gasteiger charge is -2.33. The number of nitrogens with zero attached hydrogens (tertiary/aromatic N) is 4. The maximum atomic E-state index is 13.0. The molecule has 40 heavy (non-hydrogen) atoms. The molecule has 0 bridgehead atoms. The molecule has 1 saturated carbocycles. The van der Waals surface area contributed by atoms with Gasteiger partial charge in [-0.05, 0) is 76.6 Å². The van der Waals surface area contributed by atoms with Gasteiger partial charge in [-0.15, -0.1) is 0 Å². The van der Waals surface area contributed by atoms with Gasteiger partial charge in [0, 0.05) is 24.1 Å². The Morgan fingerprint density at radius 3 is 2.62 bits per heavy atom. The fraction of sp³-hybridized carbons (Fsp3) is 0.484. The van der Waals surface area contributed by atoms with E-state index in [1.807, 2.05) is 50.2 Å². The molecule has 210 valence electrons. The molecule has 4 atom stereocenters. The van der Waals surface area contributed by atoms with Crippen molar-refractivity contribution in [1.29, 1.82) is 5.26 Å². The van der Waals surface area contributed by atoms with Crippen molar-refractivity contribution >= 4 is 11.6 Å². The molecule has 1 saturated heterocycles. The number of rotatable bonds is 9.